The molecule has 2 rings (SSSR count). The minimum absolute atomic E-state index is 0.109. The van der Waals surface area contributed by atoms with Gasteiger partial charge in [0.15, 0.2) is 5.54 Å². The number of methoxy groups -OCH3 is 1. The average molecular weight is 280 g/mol. The highest BCUT2D eigenvalue weighted by Gasteiger charge is 2.48. The highest BCUT2D eigenvalue weighted by atomic mass is 16.5. The van der Waals surface area contributed by atoms with Crippen molar-refractivity contribution in [3.8, 4) is 11.5 Å². The fraction of sp³-hybridized carbons (Fsp3) is 0.500. The number of ether oxygens (including phenoxy) is 2. The largest absolute Gasteiger partial charge is 0.508 e. The zero-order valence-corrected chi connectivity index (χ0v) is 12.0. The molecule has 0 aliphatic carbocycles. The number of aromatic hydroxyl groups is 1. The van der Waals surface area contributed by atoms with Gasteiger partial charge in [-0.15, -0.1) is 0 Å². The predicted molar refractivity (Wildman–Crippen MR) is 73.9 cm³/mol. The molecule has 0 saturated carbocycles. The first kappa shape index (κ1) is 14.6. The van der Waals surface area contributed by atoms with Gasteiger partial charge in [-0.25, -0.2) is 4.79 Å². The first-order valence-electron chi connectivity index (χ1n) is 6.44. The summed E-state index contributed by atoms with van der Waals surface area (Å²) < 4.78 is 10.5. The van der Waals surface area contributed by atoms with E-state index in [9.17, 15) is 9.90 Å². The van der Waals surface area contributed by atoms with E-state index >= 15 is 0 Å². The maximum Gasteiger partial charge on any atom is 0.334 e. The Balaban J connectivity index is 2.29. The molecule has 0 saturated heterocycles. The van der Waals surface area contributed by atoms with Gasteiger partial charge in [-0.1, -0.05) is 0 Å². The van der Waals surface area contributed by atoms with Crippen molar-refractivity contribution in [2.45, 2.75) is 5.54 Å². The molecule has 1 heterocycles. The van der Waals surface area contributed by atoms with E-state index in [1.807, 2.05) is 19.0 Å². The Hall–Kier alpha value is -1.79. The Morgan fingerprint density at radius 1 is 1.55 bits per heavy atom. The quantitative estimate of drug-likeness (QED) is 0.756. The summed E-state index contributed by atoms with van der Waals surface area (Å²) in [6.45, 7) is 1.56. The fourth-order valence-corrected chi connectivity index (χ4v) is 2.30. The number of hydrogen-bond donors (Lipinski definition) is 2. The lowest BCUT2D eigenvalue weighted by Gasteiger charge is -2.27. The predicted octanol–water partition coefficient (Wildman–Crippen LogP) is 0.304. The number of carbonyl (C=O) groups is 1. The second-order valence-electron chi connectivity index (χ2n) is 5.10. The van der Waals surface area contributed by atoms with Crippen LogP contribution in [-0.2, 0) is 15.1 Å². The number of hydrogen-bond acceptors (Lipinski definition) is 6. The highest BCUT2D eigenvalue weighted by Crippen LogP contribution is 2.39. The summed E-state index contributed by atoms with van der Waals surface area (Å²) in [5.41, 5.74) is -0.311. The molecular formula is C14H20N2O4. The number of benzene rings is 1. The number of nitrogens with one attached hydrogen (secondary N) is 1. The van der Waals surface area contributed by atoms with Crippen LogP contribution in [0.5, 0.6) is 11.5 Å². The molecule has 0 bridgehead atoms. The summed E-state index contributed by atoms with van der Waals surface area (Å²) in [7, 11) is 5.28. The van der Waals surface area contributed by atoms with Gasteiger partial charge in [0, 0.05) is 24.7 Å². The zero-order valence-electron chi connectivity index (χ0n) is 12.0. The smallest absolute Gasteiger partial charge is 0.334 e. The molecule has 1 aromatic carbocycles. The first-order valence-corrected chi connectivity index (χ1v) is 6.44. The molecule has 1 atom stereocenters. The van der Waals surface area contributed by atoms with E-state index in [0.717, 1.165) is 6.54 Å². The summed E-state index contributed by atoms with van der Waals surface area (Å²) in [6, 6.07) is 4.74. The van der Waals surface area contributed by atoms with Gasteiger partial charge < -0.3 is 19.5 Å². The van der Waals surface area contributed by atoms with Crippen molar-refractivity contribution in [2.75, 3.05) is 40.9 Å². The number of fused-ring (bicyclic) bond motifs is 1. The SMILES string of the molecule is COC(=O)C1(NCCN(C)C)COc2cc(O)ccc21. The van der Waals surface area contributed by atoms with Gasteiger partial charge in [-0.3, -0.25) is 5.32 Å². The molecule has 2 N–H and O–H groups in total. The van der Waals surface area contributed by atoms with Crippen molar-refractivity contribution in [2.24, 2.45) is 0 Å². The lowest BCUT2D eigenvalue weighted by Crippen LogP contribution is -2.52. The summed E-state index contributed by atoms with van der Waals surface area (Å²) in [5, 5.41) is 12.7. The van der Waals surface area contributed by atoms with Crippen molar-refractivity contribution >= 4 is 5.97 Å². The van der Waals surface area contributed by atoms with Crippen LogP contribution >= 0.6 is 0 Å². The summed E-state index contributed by atoms with van der Waals surface area (Å²) >= 11 is 0. The highest BCUT2D eigenvalue weighted by molar-refractivity contribution is 5.85. The number of esters is 1. The van der Waals surface area contributed by atoms with Gasteiger partial charge in [-0.2, -0.15) is 0 Å². The topological polar surface area (TPSA) is 71.0 Å². The van der Waals surface area contributed by atoms with E-state index in [1.165, 1.54) is 13.2 Å². The van der Waals surface area contributed by atoms with Crippen LogP contribution in [0.15, 0.2) is 18.2 Å². The van der Waals surface area contributed by atoms with Gasteiger partial charge >= 0.3 is 5.97 Å². The zero-order chi connectivity index (χ0) is 14.8. The van der Waals surface area contributed by atoms with E-state index < -0.39 is 5.54 Å². The number of likely N-dealkylation sites (N-methyl/N-ethyl adjacent to an activating group) is 1. The van der Waals surface area contributed by atoms with Gasteiger partial charge in [0.25, 0.3) is 0 Å². The van der Waals surface area contributed by atoms with E-state index in [-0.39, 0.29) is 18.3 Å². The standard InChI is InChI=1S/C14H20N2O4/c1-16(2)7-6-15-14(13(18)19-3)9-20-12-8-10(17)4-5-11(12)14/h4-5,8,15,17H,6-7,9H2,1-3H3. The second kappa shape index (κ2) is 5.68. The normalized spacial score (nSPS) is 20.6. The maximum atomic E-state index is 12.2. The third-order valence-corrected chi connectivity index (χ3v) is 3.39. The van der Waals surface area contributed by atoms with Crippen LogP contribution in [0.25, 0.3) is 0 Å². The van der Waals surface area contributed by atoms with E-state index in [0.29, 0.717) is 17.9 Å². The van der Waals surface area contributed by atoms with Gasteiger partial charge in [-0.05, 0) is 26.2 Å². The molecule has 0 amide bonds. The van der Waals surface area contributed by atoms with Crippen LogP contribution in [0.2, 0.25) is 0 Å². The third-order valence-electron chi connectivity index (χ3n) is 3.39. The van der Waals surface area contributed by atoms with Crippen LogP contribution in [-0.4, -0.2) is 56.9 Å². The van der Waals surface area contributed by atoms with Crippen molar-refractivity contribution in [1.82, 2.24) is 10.2 Å². The number of carbonyl (C=O) groups excluding carboxylic acids is 1. The monoisotopic (exact) mass is 280 g/mol. The average Bonchev–Trinajstić information content (AvgIpc) is 2.76. The molecule has 0 aromatic heterocycles. The minimum Gasteiger partial charge on any atom is -0.508 e. The molecule has 1 aliphatic rings. The van der Waals surface area contributed by atoms with E-state index in [2.05, 4.69) is 5.32 Å². The van der Waals surface area contributed by atoms with Gasteiger partial charge in [0.05, 0.1) is 7.11 Å². The molecule has 1 unspecified atom stereocenters. The van der Waals surface area contributed by atoms with Crippen LogP contribution < -0.4 is 10.1 Å². The maximum absolute atomic E-state index is 12.2. The minimum atomic E-state index is -1.01. The van der Waals surface area contributed by atoms with Crippen LogP contribution in [0.1, 0.15) is 5.56 Å². The lowest BCUT2D eigenvalue weighted by atomic mass is 9.92. The molecule has 6 heteroatoms. The van der Waals surface area contributed by atoms with Crippen molar-refractivity contribution in [1.29, 1.82) is 0 Å². The molecule has 6 nitrogen and oxygen atoms in total. The molecule has 0 fully saturated rings. The van der Waals surface area contributed by atoms with Gasteiger partial charge in [0.1, 0.15) is 18.1 Å². The Bertz CT molecular complexity index is 504. The summed E-state index contributed by atoms with van der Waals surface area (Å²) in [4.78, 5) is 14.2. The van der Waals surface area contributed by atoms with Gasteiger partial charge in [0.2, 0.25) is 0 Å². The fourth-order valence-electron chi connectivity index (χ4n) is 2.30. The number of nitrogens with zero attached hydrogens (tertiary/aromatic N) is 1. The Kier molecular flexibility index (Phi) is 4.15. The van der Waals surface area contributed by atoms with Crippen molar-refractivity contribution in [3.05, 3.63) is 23.8 Å². The number of rotatable bonds is 5. The molecule has 0 radical (unpaired) electrons. The third kappa shape index (κ3) is 2.57. The molecule has 0 spiro atoms. The number of phenolic OH excluding ortho intramolecular Hbond substituents is 1. The Morgan fingerprint density at radius 3 is 2.95 bits per heavy atom. The second-order valence-corrected chi connectivity index (χ2v) is 5.10. The molecule has 20 heavy (non-hydrogen) atoms. The van der Waals surface area contributed by atoms with Crippen LogP contribution in [0.4, 0.5) is 0 Å². The first-order chi connectivity index (χ1) is 9.49. The summed E-state index contributed by atoms with van der Waals surface area (Å²) in [5.74, 6) is 0.228. The Morgan fingerprint density at radius 2 is 2.30 bits per heavy atom. The Labute approximate surface area is 118 Å². The van der Waals surface area contributed by atoms with Crippen LogP contribution in [0, 0.1) is 0 Å². The van der Waals surface area contributed by atoms with E-state index in [1.54, 1.807) is 12.1 Å². The van der Waals surface area contributed by atoms with Crippen LogP contribution in [0.3, 0.4) is 0 Å². The van der Waals surface area contributed by atoms with Crippen molar-refractivity contribution in [3.63, 3.8) is 0 Å². The summed E-state index contributed by atoms with van der Waals surface area (Å²) in [6.07, 6.45) is 0. The molecule has 1 aromatic rings. The molecule has 1 aliphatic heterocycles. The van der Waals surface area contributed by atoms with E-state index in [4.69, 9.17) is 9.47 Å². The van der Waals surface area contributed by atoms with Crippen molar-refractivity contribution < 1.29 is 19.4 Å². The number of phenols is 1. The lowest BCUT2D eigenvalue weighted by molar-refractivity contribution is -0.149. The molecule has 110 valence electrons. The molecular weight excluding hydrogens is 260 g/mol.